The molecule has 0 saturated carbocycles. The molecular formula is C4H10N2O. The number of nitrogens with two attached hydrogens (primary N) is 1. The number of aliphatic imine (C=N–C) groups is 1. The molecule has 3 heteroatoms. The topological polar surface area (TPSA) is 58.6 Å². The van der Waals surface area contributed by atoms with Gasteiger partial charge in [0.1, 0.15) is 6.73 Å². The van der Waals surface area contributed by atoms with Gasteiger partial charge in [-0.3, -0.25) is 4.99 Å². The molecule has 0 unspecified atom stereocenters. The van der Waals surface area contributed by atoms with E-state index in [1.54, 1.807) is 6.92 Å². The zero-order chi connectivity index (χ0) is 5.70. The fourth-order valence-corrected chi connectivity index (χ4v) is 0.185. The monoisotopic (exact) mass is 102 g/mol. The molecule has 0 aliphatic carbocycles. The molecular weight excluding hydrogens is 92.1 g/mol. The van der Waals surface area contributed by atoms with Crippen LogP contribution in [0.25, 0.3) is 0 Å². The van der Waals surface area contributed by atoms with Gasteiger partial charge in [-0.2, -0.15) is 0 Å². The van der Waals surface area contributed by atoms with Gasteiger partial charge in [0.15, 0.2) is 0 Å². The fraction of sp³-hybridized carbons (Fsp3) is 0.750. The van der Waals surface area contributed by atoms with Gasteiger partial charge < -0.3 is 10.8 Å². The van der Waals surface area contributed by atoms with Crippen LogP contribution in [0.1, 0.15) is 6.92 Å². The Balaban J connectivity index is 3.29. The molecule has 0 aliphatic heterocycles. The molecule has 0 rings (SSSR count). The molecule has 0 aromatic heterocycles. The van der Waals surface area contributed by atoms with Crippen molar-refractivity contribution >= 4 is 5.71 Å². The molecule has 0 spiro atoms. The SMILES string of the molecule is CC(CN)=NCO. The van der Waals surface area contributed by atoms with Crippen molar-refractivity contribution in [1.82, 2.24) is 0 Å². The molecule has 0 fully saturated rings. The molecule has 42 valence electrons. The van der Waals surface area contributed by atoms with Crippen LogP contribution in [0.2, 0.25) is 0 Å². The second kappa shape index (κ2) is 3.77. The third-order valence-corrected chi connectivity index (χ3v) is 0.636. The first-order valence-electron chi connectivity index (χ1n) is 2.12. The van der Waals surface area contributed by atoms with Crippen LogP contribution in [0.4, 0.5) is 0 Å². The van der Waals surface area contributed by atoms with Crippen molar-refractivity contribution in [2.24, 2.45) is 10.7 Å². The minimum Gasteiger partial charge on any atom is -0.375 e. The zero-order valence-corrected chi connectivity index (χ0v) is 4.39. The van der Waals surface area contributed by atoms with Crippen LogP contribution in [-0.4, -0.2) is 24.1 Å². The van der Waals surface area contributed by atoms with Crippen molar-refractivity contribution < 1.29 is 5.11 Å². The van der Waals surface area contributed by atoms with E-state index in [1.807, 2.05) is 0 Å². The first kappa shape index (κ1) is 6.59. The lowest BCUT2D eigenvalue weighted by atomic mass is 10.4. The smallest absolute Gasteiger partial charge is 0.134 e. The van der Waals surface area contributed by atoms with Crippen molar-refractivity contribution in [1.29, 1.82) is 0 Å². The summed E-state index contributed by atoms with van der Waals surface area (Å²) in [6.07, 6.45) is 0. The van der Waals surface area contributed by atoms with Gasteiger partial charge in [0, 0.05) is 12.3 Å². The van der Waals surface area contributed by atoms with Gasteiger partial charge in [-0.1, -0.05) is 0 Å². The van der Waals surface area contributed by atoms with Gasteiger partial charge in [0.05, 0.1) is 0 Å². The van der Waals surface area contributed by atoms with Crippen LogP contribution in [0, 0.1) is 0 Å². The molecule has 3 N–H and O–H groups in total. The normalized spacial score (nSPS) is 12.1. The maximum absolute atomic E-state index is 8.12. The Hall–Kier alpha value is -0.410. The highest BCUT2D eigenvalue weighted by Crippen LogP contribution is 1.68. The summed E-state index contributed by atoms with van der Waals surface area (Å²) in [6, 6.07) is 0. The zero-order valence-electron chi connectivity index (χ0n) is 4.39. The molecule has 0 aromatic carbocycles. The third kappa shape index (κ3) is 3.42. The van der Waals surface area contributed by atoms with Crippen LogP contribution in [0.3, 0.4) is 0 Å². The summed E-state index contributed by atoms with van der Waals surface area (Å²) in [7, 11) is 0. The molecule has 0 amide bonds. The average molecular weight is 102 g/mol. The number of nitrogens with zero attached hydrogens (tertiary/aromatic N) is 1. The molecule has 0 heterocycles. The van der Waals surface area contributed by atoms with E-state index in [1.165, 1.54) is 0 Å². The highest BCUT2D eigenvalue weighted by molar-refractivity contribution is 5.83. The number of hydrogen-bond acceptors (Lipinski definition) is 3. The van der Waals surface area contributed by atoms with Crippen LogP contribution < -0.4 is 5.73 Å². The predicted octanol–water partition coefficient (Wildman–Crippen LogP) is -0.644. The van der Waals surface area contributed by atoms with Crippen LogP contribution in [-0.2, 0) is 0 Å². The maximum Gasteiger partial charge on any atom is 0.134 e. The second-order valence-electron chi connectivity index (χ2n) is 1.24. The van der Waals surface area contributed by atoms with Crippen molar-refractivity contribution in [2.45, 2.75) is 6.92 Å². The number of rotatable bonds is 2. The Morgan fingerprint density at radius 1 is 1.86 bits per heavy atom. The van der Waals surface area contributed by atoms with Gasteiger partial charge in [-0.05, 0) is 6.92 Å². The Morgan fingerprint density at radius 3 is 2.57 bits per heavy atom. The predicted molar refractivity (Wildman–Crippen MR) is 29.2 cm³/mol. The lowest BCUT2D eigenvalue weighted by Crippen LogP contribution is -2.09. The van der Waals surface area contributed by atoms with Gasteiger partial charge in [-0.25, -0.2) is 0 Å². The summed E-state index contributed by atoms with van der Waals surface area (Å²) >= 11 is 0. The van der Waals surface area contributed by atoms with Crippen molar-refractivity contribution in [3.63, 3.8) is 0 Å². The molecule has 0 aromatic rings. The highest BCUT2D eigenvalue weighted by atomic mass is 16.3. The van der Waals surface area contributed by atoms with Gasteiger partial charge in [0.25, 0.3) is 0 Å². The first-order valence-corrected chi connectivity index (χ1v) is 2.12. The van der Waals surface area contributed by atoms with Crippen LogP contribution in [0.15, 0.2) is 4.99 Å². The standard InChI is InChI=1S/C4H10N2O/c1-4(2-5)6-3-7/h7H,2-3,5H2,1H3. The summed E-state index contributed by atoms with van der Waals surface area (Å²) in [5.41, 5.74) is 5.90. The molecule has 7 heavy (non-hydrogen) atoms. The number of aliphatic hydroxyl groups is 1. The van der Waals surface area contributed by atoms with Gasteiger partial charge in [-0.15, -0.1) is 0 Å². The summed E-state index contributed by atoms with van der Waals surface area (Å²) in [5, 5.41) is 8.12. The summed E-state index contributed by atoms with van der Waals surface area (Å²) in [4.78, 5) is 3.59. The third-order valence-electron chi connectivity index (χ3n) is 0.636. The summed E-state index contributed by atoms with van der Waals surface area (Å²) in [5.74, 6) is 0. The maximum atomic E-state index is 8.12. The second-order valence-corrected chi connectivity index (χ2v) is 1.24. The minimum atomic E-state index is -0.150. The van der Waals surface area contributed by atoms with E-state index in [0.29, 0.717) is 6.54 Å². The van der Waals surface area contributed by atoms with Crippen molar-refractivity contribution in [3.8, 4) is 0 Å². The molecule has 0 saturated heterocycles. The Morgan fingerprint density at radius 2 is 2.43 bits per heavy atom. The molecule has 0 aliphatic rings. The summed E-state index contributed by atoms with van der Waals surface area (Å²) in [6.45, 7) is 2.06. The Kier molecular flexibility index (Phi) is 3.55. The van der Waals surface area contributed by atoms with Crippen LogP contribution in [0.5, 0.6) is 0 Å². The van der Waals surface area contributed by atoms with E-state index in [2.05, 4.69) is 4.99 Å². The first-order chi connectivity index (χ1) is 3.31. The Labute approximate surface area is 42.9 Å². The fourth-order valence-electron chi connectivity index (χ4n) is 0.185. The molecule has 0 atom stereocenters. The van der Waals surface area contributed by atoms with E-state index >= 15 is 0 Å². The lowest BCUT2D eigenvalue weighted by molar-refractivity contribution is 0.309. The van der Waals surface area contributed by atoms with E-state index in [-0.39, 0.29) is 6.73 Å². The van der Waals surface area contributed by atoms with Crippen molar-refractivity contribution in [2.75, 3.05) is 13.3 Å². The average Bonchev–Trinajstić information content (AvgIpc) is 1.68. The highest BCUT2D eigenvalue weighted by Gasteiger charge is 1.78. The Bertz CT molecular complexity index is 70.1. The number of hydrogen-bond donors (Lipinski definition) is 2. The van der Waals surface area contributed by atoms with E-state index in [4.69, 9.17) is 10.8 Å². The van der Waals surface area contributed by atoms with Crippen LogP contribution >= 0.6 is 0 Å². The van der Waals surface area contributed by atoms with Gasteiger partial charge >= 0.3 is 0 Å². The van der Waals surface area contributed by atoms with E-state index < -0.39 is 0 Å². The van der Waals surface area contributed by atoms with E-state index in [0.717, 1.165) is 5.71 Å². The summed E-state index contributed by atoms with van der Waals surface area (Å²) < 4.78 is 0. The van der Waals surface area contributed by atoms with Gasteiger partial charge in [0.2, 0.25) is 0 Å². The lowest BCUT2D eigenvalue weighted by Gasteiger charge is -1.88. The molecule has 0 bridgehead atoms. The quantitative estimate of drug-likeness (QED) is 0.455. The molecule has 0 radical (unpaired) electrons. The van der Waals surface area contributed by atoms with E-state index in [9.17, 15) is 0 Å². The minimum absolute atomic E-state index is 0.150. The van der Waals surface area contributed by atoms with Crippen molar-refractivity contribution in [3.05, 3.63) is 0 Å². The number of aliphatic hydroxyl groups excluding tert-OH is 1. The molecule has 3 nitrogen and oxygen atoms in total. The largest absolute Gasteiger partial charge is 0.375 e.